The molecule has 0 spiro atoms. The maximum Gasteiger partial charge on any atom is 0.573 e. The molecule has 3 rings (SSSR count). The SMILES string of the molecule is CC[C@@H](C)Nc1cc(N2CCc3ccc(OC(F)(F)F)cc3C2)nc(C(C)C)n1. The minimum atomic E-state index is -4.70. The van der Waals surface area contributed by atoms with E-state index in [1.165, 1.54) is 12.1 Å². The highest BCUT2D eigenvalue weighted by atomic mass is 19.4. The molecule has 0 amide bonds. The number of benzene rings is 1. The molecule has 1 N–H and O–H groups in total. The molecule has 0 unspecified atom stereocenters. The molecular formula is C21H27F3N4O. The van der Waals surface area contributed by atoms with Crippen LogP contribution in [0.15, 0.2) is 24.3 Å². The van der Waals surface area contributed by atoms with Crippen LogP contribution >= 0.6 is 0 Å². The highest BCUT2D eigenvalue weighted by Gasteiger charge is 2.31. The van der Waals surface area contributed by atoms with Crippen molar-refractivity contribution in [1.29, 1.82) is 0 Å². The van der Waals surface area contributed by atoms with Gasteiger partial charge in [-0.1, -0.05) is 26.8 Å². The van der Waals surface area contributed by atoms with E-state index < -0.39 is 6.36 Å². The van der Waals surface area contributed by atoms with Gasteiger partial charge in [0, 0.05) is 31.1 Å². The molecule has 1 atom stereocenters. The van der Waals surface area contributed by atoms with Crippen molar-refractivity contribution in [3.05, 3.63) is 41.2 Å². The topological polar surface area (TPSA) is 50.3 Å². The molecule has 0 aliphatic carbocycles. The Labute approximate surface area is 169 Å². The Bertz CT molecular complexity index is 854. The second-order valence-electron chi connectivity index (χ2n) is 7.73. The molecule has 8 heteroatoms. The van der Waals surface area contributed by atoms with Gasteiger partial charge in [-0.15, -0.1) is 13.2 Å². The molecular weight excluding hydrogens is 381 g/mol. The fourth-order valence-electron chi connectivity index (χ4n) is 3.23. The minimum absolute atomic E-state index is 0.163. The summed E-state index contributed by atoms with van der Waals surface area (Å²) in [5.41, 5.74) is 1.85. The van der Waals surface area contributed by atoms with E-state index in [1.54, 1.807) is 6.07 Å². The molecule has 1 aliphatic rings. The molecule has 158 valence electrons. The van der Waals surface area contributed by atoms with Gasteiger partial charge < -0.3 is 15.0 Å². The Morgan fingerprint density at radius 2 is 1.90 bits per heavy atom. The number of aromatic nitrogens is 2. The molecule has 0 fully saturated rings. The number of hydrogen-bond acceptors (Lipinski definition) is 5. The Morgan fingerprint density at radius 3 is 2.55 bits per heavy atom. The van der Waals surface area contributed by atoms with Crippen LogP contribution in [0.4, 0.5) is 24.8 Å². The van der Waals surface area contributed by atoms with Crippen molar-refractivity contribution < 1.29 is 17.9 Å². The fraction of sp³-hybridized carbons (Fsp3) is 0.524. The first-order valence-corrected chi connectivity index (χ1v) is 9.92. The lowest BCUT2D eigenvalue weighted by Gasteiger charge is -2.31. The maximum absolute atomic E-state index is 12.6. The monoisotopic (exact) mass is 408 g/mol. The fourth-order valence-corrected chi connectivity index (χ4v) is 3.23. The number of fused-ring (bicyclic) bond motifs is 1. The van der Waals surface area contributed by atoms with Crippen molar-refractivity contribution in [2.24, 2.45) is 0 Å². The predicted octanol–water partition coefficient (Wildman–Crippen LogP) is 5.27. The third-order valence-corrected chi connectivity index (χ3v) is 5.00. The summed E-state index contributed by atoms with van der Waals surface area (Å²) in [6, 6.07) is 6.75. The Morgan fingerprint density at radius 1 is 1.14 bits per heavy atom. The minimum Gasteiger partial charge on any atom is -0.406 e. The molecule has 0 saturated heterocycles. The quantitative estimate of drug-likeness (QED) is 0.706. The summed E-state index contributed by atoms with van der Waals surface area (Å²) in [4.78, 5) is 11.4. The van der Waals surface area contributed by atoms with Crippen LogP contribution in [0.1, 0.15) is 57.0 Å². The van der Waals surface area contributed by atoms with Crippen molar-refractivity contribution in [2.45, 2.75) is 65.4 Å². The highest BCUT2D eigenvalue weighted by Crippen LogP contribution is 2.30. The number of rotatable bonds is 6. The summed E-state index contributed by atoms with van der Waals surface area (Å²) < 4.78 is 41.7. The molecule has 0 radical (unpaired) electrons. The van der Waals surface area contributed by atoms with Gasteiger partial charge in [0.25, 0.3) is 0 Å². The Kier molecular flexibility index (Phi) is 6.19. The van der Waals surface area contributed by atoms with Crippen LogP contribution in [0, 0.1) is 0 Å². The molecule has 5 nitrogen and oxygen atoms in total. The van der Waals surface area contributed by atoms with Gasteiger partial charge >= 0.3 is 6.36 Å². The van der Waals surface area contributed by atoms with Crippen LogP contribution in [0.2, 0.25) is 0 Å². The van der Waals surface area contributed by atoms with Crippen molar-refractivity contribution in [1.82, 2.24) is 9.97 Å². The summed E-state index contributed by atoms with van der Waals surface area (Å²) in [6.45, 7) is 9.49. The van der Waals surface area contributed by atoms with Crippen LogP contribution in [0.5, 0.6) is 5.75 Å². The lowest BCUT2D eigenvalue weighted by molar-refractivity contribution is -0.274. The first kappa shape index (κ1) is 21.2. The number of hydrogen-bond donors (Lipinski definition) is 1. The molecule has 0 bridgehead atoms. The van der Waals surface area contributed by atoms with E-state index in [-0.39, 0.29) is 17.7 Å². The smallest absolute Gasteiger partial charge is 0.406 e. The van der Waals surface area contributed by atoms with E-state index >= 15 is 0 Å². The van der Waals surface area contributed by atoms with Gasteiger partial charge in [-0.2, -0.15) is 0 Å². The number of nitrogens with zero attached hydrogens (tertiary/aromatic N) is 3. The van der Waals surface area contributed by atoms with Gasteiger partial charge in [-0.05, 0) is 43.0 Å². The Balaban J connectivity index is 1.87. The largest absolute Gasteiger partial charge is 0.573 e. The van der Waals surface area contributed by atoms with E-state index in [0.717, 1.165) is 48.0 Å². The van der Waals surface area contributed by atoms with Gasteiger partial charge in [0.2, 0.25) is 0 Å². The van der Waals surface area contributed by atoms with Crippen molar-refractivity contribution in [2.75, 3.05) is 16.8 Å². The Hall–Kier alpha value is -2.51. The van der Waals surface area contributed by atoms with Gasteiger partial charge in [0.05, 0.1) is 0 Å². The highest BCUT2D eigenvalue weighted by molar-refractivity contribution is 5.52. The summed E-state index contributed by atoms with van der Waals surface area (Å²) in [6.07, 6.45) is -3.00. The molecule has 1 aromatic carbocycles. The standard InChI is InChI=1S/C21H27F3N4O/c1-5-14(4)25-18-11-19(27-20(26-18)13(2)3)28-9-8-15-6-7-17(10-16(15)12-28)29-21(22,23)24/h6-7,10-11,13-14H,5,8-9,12H2,1-4H3,(H,25,26,27)/t14-/m1/s1. The second kappa shape index (κ2) is 8.47. The van der Waals surface area contributed by atoms with E-state index in [0.29, 0.717) is 6.54 Å². The van der Waals surface area contributed by atoms with Gasteiger partial charge in [0.15, 0.2) is 0 Å². The summed E-state index contributed by atoms with van der Waals surface area (Å²) >= 11 is 0. The molecule has 29 heavy (non-hydrogen) atoms. The molecule has 2 heterocycles. The van der Waals surface area contributed by atoms with E-state index in [1.807, 2.05) is 19.9 Å². The third kappa shape index (κ3) is 5.52. The number of halogens is 3. The zero-order valence-electron chi connectivity index (χ0n) is 17.2. The van der Waals surface area contributed by atoms with E-state index in [4.69, 9.17) is 4.98 Å². The van der Waals surface area contributed by atoms with Gasteiger partial charge in [-0.25, -0.2) is 9.97 Å². The van der Waals surface area contributed by atoms with Gasteiger partial charge in [-0.3, -0.25) is 0 Å². The summed E-state index contributed by atoms with van der Waals surface area (Å²) in [7, 11) is 0. The van der Waals surface area contributed by atoms with Crippen LogP contribution in [0.3, 0.4) is 0 Å². The molecule has 1 aromatic heterocycles. The van der Waals surface area contributed by atoms with Crippen molar-refractivity contribution >= 4 is 11.6 Å². The number of alkyl halides is 3. The zero-order valence-corrected chi connectivity index (χ0v) is 17.2. The van der Waals surface area contributed by atoms with Crippen molar-refractivity contribution in [3.63, 3.8) is 0 Å². The van der Waals surface area contributed by atoms with Crippen molar-refractivity contribution in [3.8, 4) is 5.75 Å². The van der Waals surface area contributed by atoms with Crippen LogP contribution in [0.25, 0.3) is 0 Å². The van der Waals surface area contributed by atoms with E-state index in [2.05, 4.69) is 33.8 Å². The second-order valence-corrected chi connectivity index (χ2v) is 7.73. The first-order chi connectivity index (χ1) is 13.6. The third-order valence-electron chi connectivity index (χ3n) is 5.00. The van der Waals surface area contributed by atoms with Crippen LogP contribution in [-0.4, -0.2) is 28.9 Å². The average Bonchev–Trinajstić information content (AvgIpc) is 2.65. The van der Waals surface area contributed by atoms with Crippen LogP contribution < -0.4 is 15.0 Å². The normalized spacial score (nSPS) is 15.2. The summed E-state index contributed by atoms with van der Waals surface area (Å²) in [5.74, 6) is 2.27. The lowest BCUT2D eigenvalue weighted by atomic mass is 9.99. The molecule has 1 aliphatic heterocycles. The average molecular weight is 408 g/mol. The van der Waals surface area contributed by atoms with Gasteiger partial charge in [0.1, 0.15) is 23.2 Å². The molecule has 0 saturated carbocycles. The predicted molar refractivity (Wildman–Crippen MR) is 107 cm³/mol. The maximum atomic E-state index is 12.6. The summed E-state index contributed by atoms with van der Waals surface area (Å²) in [5, 5.41) is 3.40. The lowest BCUT2D eigenvalue weighted by Crippen LogP contribution is -2.31. The molecule has 2 aromatic rings. The van der Waals surface area contributed by atoms with E-state index in [9.17, 15) is 13.2 Å². The number of nitrogens with one attached hydrogen (secondary N) is 1. The zero-order chi connectivity index (χ0) is 21.2. The number of anilines is 2. The first-order valence-electron chi connectivity index (χ1n) is 9.92. The number of ether oxygens (including phenoxy) is 1. The van der Waals surface area contributed by atoms with Crippen LogP contribution in [-0.2, 0) is 13.0 Å².